The fourth-order valence-electron chi connectivity index (χ4n) is 1.24. The van der Waals surface area contributed by atoms with E-state index in [2.05, 4.69) is 6.92 Å². The van der Waals surface area contributed by atoms with Crippen molar-refractivity contribution in [3.63, 3.8) is 0 Å². The number of ether oxygens (including phenoxy) is 1. The number of hydrogen-bond donors (Lipinski definition) is 2. The highest BCUT2D eigenvalue weighted by atomic mass is 16.5. The van der Waals surface area contributed by atoms with Gasteiger partial charge in [0, 0.05) is 5.54 Å². The molecule has 0 heterocycles. The predicted octanol–water partition coefficient (Wildman–Crippen LogP) is 1.82. The lowest BCUT2D eigenvalue weighted by molar-refractivity contribution is 0.0777. The third-order valence-electron chi connectivity index (χ3n) is 2.71. The molecule has 0 spiro atoms. The highest BCUT2D eigenvalue weighted by Crippen LogP contribution is 2.09. The summed E-state index contributed by atoms with van der Waals surface area (Å²) in [5.41, 5.74) is 7.74. The Kier molecular flexibility index (Phi) is 4.93. The van der Waals surface area contributed by atoms with Crippen LogP contribution in [0.2, 0.25) is 0 Å². The monoisotopic (exact) mass is 223 g/mol. The quantitative estimate of drug-likeness (QED) is 0.773. The number of aliphatic hydroxyl groups excluding tert-OH is 1. The van der Waals surface area contributed by atoms with E-state index < -0.39 is 0 Å². The molecule has 3 N–H and O–H groups in total. The SMILES string of the molecule is CCC(C)(N)COCc1ccc(CO)cc1. The van der Waals surface area contributed by atoms with E-state index in [0.717, 1.165) is 17.5 Å². The van der Waals surface area contributed by atoms with Crippen LogP contribution in [0.25, 0.3) is 0 Å². The van der Waals surface area contributed by atoms with Crippen LogP contribution in [0.15, 0.2) is 24.3 Å². The molecule has 0 radical (unpaired) electrons. The zero-order chi connectivity index (χ0) is 12.0. The molecule has 0 saturated heterocycles. The highest BCUT2D eigenvalue weighted by molar-refractivity contribution is 5.21. The summed E-state index contributed by atoms with van der Waals surface area (Å²) in [6, 6.07) is 7.73. The van der Waals surface area contributed by atoms with Gasteiger partial charge in [-0.3, -0.25) is 0 Å². The number of rotatable bonds is 6. The Balaban J connectivity index is 2.37. The zero-order valence-corrected chi connectivity index (χ0v) is 10.1. The third kappa shape index (κ3) is 4.31. The molecule has 1 rings (SSSR count). The lowest BCUT2D eigenvalue weighted by atomic mass is 10.0. The topological polar surface area (TPSA) is 55.5 Å². The molecule has 16 heavy (non-hydrogen) atoms. The standard InChI is InChI=1S/C13H21NO2/c1-3-13(2,14)10-16-9-12-6-4-11(8-15)5-7-12/h4-7,15H,3,8-10,14H2,1-2H3. The van der Waals surface area contributed by atoms with E-state index in [-0.39, 0.29) is 12.1 Å². The van der Waals surface area contributed by atoms with Crippen molar-refractivity contribution in [3.05, 3.63) is 35.4 Å². The summed E-state index contributed by atoms with van der Waals surface area (Å²) < 4.78 is 5.56. The minimum atomic E-state index is -0.245. The maximum Gasteiger partial charge on any atom is 0.0717 e. The Morgan fingerprint density at radius 2 is 1.81 bits per heavy atom. The maximum atomic E-state index is 8.90. The van der Waals surface area contributed by atoms with Crippen molar-refractivity contribution in [2.45, 2.75) is 39.0 Å². The molecule has 0 aliphatic heterocycles. The zero-order valence-electron chi connectivity index (χ0n) is 10.1. The molecule has 0 amide bonds. The Hall–Kier alpha value is -0.900. The molecule has 0 fully saturated rings. The minimum Gasteiger partial charge on any atom is -0.392 e. The Labute approximate surface area is 97.2 Å². The summed E-state index contributed by atoms with van der Waals surface area (Å²) in [4.78, 5) is 0. The van der Waals surface area contributed by atoms with Crippen LogP contribution in [0.3, 0.4) is 0 Å². The molecule has 1 aromatic carbocycles. The van der Waals surface area contributed by atoms with Crippen LogP contribution in [0.4, 0.5) is 0 Å². The first-order valence-electron chi connectivity index (χ1n) is 5.62. The van der Waals surface area contributed by atoms with Gasteiger partial charge in [-0.05, 0) is 24.5 Å². The Bertz CT molecular complexity index is 306. The van der Waals surface area contributed by atoms with Gasteiger partial charge in [0.15, 0.2) is 0 Å². The average Bonchev–Trinajstić information content (AvgIpc) is 2.30. The molecular weight excluding hydrogens is 202 g/mol. The van der Waals surface area contributed by atoms with Gasteiger partial charge in [-0.1, -0.05) is 31.2 Å². The molecule has 1 atom stereocenters. The first-order valence-corrected chi connectivity index (χ1v) is 5.62. The van der Waals surface area contributed by atoms with Crippen molar-refractivity contribution in [1.29, 1.82) is 0 Å². The summed E-state index contributed by atoms with van der Waals surface area (Å²) in [6.07, 6.45) is 0.899. The van der Waals surface area contributed by atoms with Gasteiger partial charge in [0.1, 0.15) is 0 Å². The third-order valence-corrected chi connectivity index (χ3v) is 2.71. The fraction of sp³-hybridized carbons (Fsp3) is 0.538. The lowest BCUT2D eigenvalue weighted by Crippen LogP contribution is -2.40. The lowest BCUT2D eigenvalue weighted by Gasteiger charge is -2.22. The van der Waals surface area contributed by atoms with Crippen LogP contribution in [0.5, 0.6) is 0 Å². The van der Waals surface area contributed by atoms with Gasteiger partial charge in [0.2, 0.25) is 0 Å². The van der Waals surface area contributed by atoms with Crippen molar-refractivity contribution in [2.75, 3.05) is 6.61 Å². The Morgan fingerprint density at radius 3 is 2.31 bits per heavy atom. The summed E-state index contributed by atoms with van der Waals surface area (Å²) in [6.45, 7) is 5.25. The molecule has 1 unspecified atom stereocenters. The van der Waals surface area contributed by atoms with E-state index in [9.17, 15) is 0 Å². The van der Waals surface area contributed by atoms with Crippen LogP contribution >= 0.6 is 0 Å². The largest absolute Gasteiger partial charge is 0.392 e. The van der Waals surface area contributed by atoms with E-state index >= 15 is 0 Å². The second kappa shape index (κ2) is 5.99. The van der Waals surface area contributed by atoms with E-state index in [1.807, 2.05) is 31.2 Å². The van der Waals surface area contributed by atoms with Crippen molar-refractivity contribution < 1.29 is 9.84 Å². The molecule has 0 aliphatic rings. The molecule has 0 bridgehead atoms. The van der Waals surface area contributed by atoms with Gasteiger partial charge in [0.25, 0.3) is 0 Å². The first kappa shape index (κ1) is 13.2. The summed E-state index contributed by atoms with van der Waals surface area (Å²) in [5.74, 6) is 0. The number of benzene rings is 1. The van der Waals surface area contributed by atoms with Crippen LogP contribution in [0, 0.1) is 0 Å². The molecule has 0 aromatic heterocycles. The van der Waals surface area contributed by atoms with Crippen molar-refractivity contribution in [2.24, 2.45) is 5.73 Å². The van der Waals surface area contributed by atoms with Gasteiger partial charge < -0.3 is 15.6 Å². The van der Waals surface area contributed by atoms with E-state index in [1.165, 1.54) is 0 Å². The molecule has 3 heteroatoms. The minimum absolute atomic E-state index is 0.0812. The van der Waals surface area contributed by atoms with E-state index in [0.29, 0.717) is 13.2 Å². The second-order valence-corrected chi connectivity index (χ2v) is 4.47. The predicted molar refractivity (Wildman–Crippen MR) is 64.9 cm³/mol. The van der Waals surface area contributed by atoms with Crippen LogP contribution < -0.4 is 5.73 Å². The number of aliphatic hydroxyl groups is 1. The van der Waals surface area contributed by atoms with Crippen molar-refractivity contribution >= 4 is 0 Å². The molecule has 0 saturated carbocycles. The summed E-state index contributed by atoms with van der Waals surface area (Å²) in [7, 11) is 0. The van der Waals surface area contributed by atoms with Gasteiger partial charge in [-0.2, -0.15) is 0 Å². The van der Waals surface area contributed by atoms with Crippen molar-refractivity contribution in [1.82, 2.24) is 0 Å². The van der Waals surface area contributed by atoms with Crippen molar-refractivity contribution in [3.8, 4) is 0 Å². The smallest absolute Gasteiger partial charge is 0.0717 e. The van der Waals surface area contributed by atoms with Crippen LogP contribution in [-0.2, 0) is 18.0 Å². The van der Waals surface area contributed by atoms with Gasteiger partial charge in [-0.25, -0.2) is 0 Å². The normalized spacial score (nSPS) is 14.8. The molecular formula is C13H21NO2. The Morgan fingerprint density at radius 1 is 1.25 bits per heavy atom. The van der Waals surface area contributed by atoms with E-state index in [1.54, 1.807) is 0 Å². The second-order valence-electron chi connectivity index (χ2n) is 4.47. The molecule has 1 aromatic rings. The summed E-state index contributed by atoms with van der Waals surface area (Å²) >= 11 is 0. The maximum absolute atomic E-state index is 8.90. The van der Waals surface area contributed by atoms with Crippen LogP contribution in [0.1, 0.15) is 31.4 Å². The molecule has 0 aliphatic carbocycles. The number of nitrogens with two attached hydrogens (primary N) is 1. The van der Waals surface area contributed by atoms with Crippen LogP contribution in [-0.4, -0.2) is 17.3 Å². The summed E-state index contributed by atoms with van der Waals surface area (Å²) in [5, 5.41) is 8.90. The number of hydrogen-bond acceptors (Lipinski definition) is 3. The van der Waals surface area contributed by atoms with Gasteiger partial charge in [0.05, 0.1) is 19.8 Å². The average molecular weight is 223 g/mol. The molecule has 3 nitrogen and oxygen atoms in total. The first-order chi connectivity index (χ1) is 7.57. The highest BCUT2D eigenvalue weighted by Gasteiger charge is 2.15. The fourth-order valence-corrected chi connectivity index (χ4v) is 1.24. The van der Waals surface area contributed by atoms with E-state index in [4.69, 9.17) is 15.6 Å². The van der Waals surface area contributed by atoms with Gasteiger partial charge in [-0.15, -0.1) is 0 Å². The van der Waals surface area contributed by atoms with Gasteiger partial charge >= 0.3 is 0 Å². The molecule has 90 valence electrons.